The summed E-state index contributed by atoms with van der Waals surface area (Å²) in [5.74, 6) is -1.08. The first-order chi connectivity index (χ1) is 9.10. The second-order valence-electron chi connectivity index (χ2n) is 3.92. The Bertz CT molecular complexity index is 675. The van der Waals surface area contributed by atoms with Gasteiger partial charge in [0.1, 0.15) is 0 Å². The van der Waals surface area contributed by atoms with Crippen LogP contribution in [-0.2, 0) is 0 Å². The van der Waals surface area contributed by atoms with Crippen molar-refractivity contribution in [3.63, 3.8) is 0 Å². The number of rotatable bonds is 3. The van der Waals surface area contributed by atoms with E-state index in [4.69, 9.17) is 16.1 Å². The van der Waals surface area contributed by atoms with E-state index in [2.05, 4.69) is 5.32 Å². The van der Waals surface area contributed by atoms with Crippen LogP contribution in [0.15, 0.2) is 42.5 Å². The van der Waals surface area contributed by atoms with Gasteiger partial charge in [0.25, 0.3) is 0 Å². The number of nitriles is 1. The molecule has 0 aliphatic carbocycles. The third-order valence-electron chi connectivity index (χ3n) is 2.56. The van der Waals surface area contributed by atoms with Crippen LogP contribution in [0.5, 0.6) is 0 Å². The molecule has 0 bridgehead atoms. The fourth-order valence-corrected chi connectivity index (χ4v) is 1.65. The fraction of sp³-hybridized carbons (Fsp3) is 0. The Morgan fingerprint density at radius 1 is 1.21 bits per heavy atom. The van der Waals surface area contributed by atoms with Crippen molar-refractivity contribution in [3.05, 3.63) is 53.6 Å². The second kappa shape index (κ2) is 5.10. The van der Waals surface area contributed by atoms with Gasteiger partial charge in [-0.1, -0.05) is 6.07 Å². The minimum atomic E-state index is -1.08. The van der Waals surface area contributed by atoms with E-state index >= 15 is 0 Å². The average Bonchev–Trinajstić information content (AvgIpc) is 2.41. The van der Waals surface area contributed by atoms with Gasteiger partial charge < -0.3 is 16.2 Å². The molecule has 0 unspecified atom stereocenters. The Morgan fingerprint density at radius 3 is 2.63 bits per heavy atom. The molecule has 0 saturated carbocycles. The number of hydrogen-bond donors (Lipinski definition) is 3. The molecular weight excluding hydrogens is 242 g/mol. The molecule has 0 fully saturated rings. The van der Waals surface area contributed by atoms with Gasteiger partial charge in [-0.05, 0) is 36.4 Å². The summed E-state index contributed by atoms with van der Waals surface area (Å²) in [5.41, 5.74) is 7.67. The number of carbonyl (C=O) groups is 1. The second-order valence-corrected chi connectivity index (χ2v) is 3.92. The summed E-state index contributed by atoms with van der Waals surface area (Å²) in [4.78, 5) is 11.0. The molecule has 19 heavy (non-hydrogen) atoms. The normalized spacial score (nSPS) is 9.63. The minimum Gasteiger partial charge on any atom is -0.478 e. The zero-order chi connectivity index (χ0) is 13.8. The molecule has 4 N–H and O–H groups in total. The predicted octanol–water partition coefficient (Wildman–Crippen LogP) is 2.58. The van der Waals surface area contributed by atoms with Crippen molar-refractivity contribution in [2.24, 2.45) is 0 Å². The van der Waals surface area contributed by atoms with Gasteiger partial charge in [-0.2, -0.15) is 5.26 Å². The zero-order valence-corrected chi connectivity index (χ0v) is 9.92. The number of carboxylic acids is 1. The van der Waals surface area contributed by atoms with Crippen molar-refractivity contribution in [2.45, 2.75) is 0 Å². The quantitative estimate of drug-likeness (QED) is 0.730. The van der Waals surface area contributed by atoms with E-state index in [0.717, 1.165) is 0 Å². The zero-order valence-electron chi connectivity index (χ0n) is 9.92. The summed E-state index contributed by atoms with van der Waals surface area (Å²) in [7, 11) is 0. The lowest BCUT2D eigenvalue weighted by molar-refractivity contribution is 0.0698. The van der Waals surface area contributed by atoms with Gasteiger partial charge in [-0.3, -0.25) is 0 Å². The largest absolute Gasteiger partial charge is 0.478 e. The number of nitrogens with two attached hydrogens (primary N) is 1. The highest BCUT2D eigenvalue weighted by atomic mass is 16.4. The van der Waals surface area contributed by atoms with E-state index in [1.54, 1.807) is 30.3 Å². The van der Waals surface area contributed by atoms with E-state index in [1.807, 2.05) is 6.07 Å². The smallest absolute Gasteiger partial charge is 0.337 e. The molecule has 2 aromatic carbocycles. The molecule has 2 rings (SSSR count). The number of nitrogen functional groups attached to an aromatic ring is 1. The number of benzene rings is 2. The average molecular weight is 253 g/mol. The third kappa shape index (κ3) is 2.82. The van der Waals surface area contributed by atoms with Crippen molar-refractivity contribution in [2.75, 3.05) is 11.1 Å². The number of carboxylic acid groups (broad SMARTS) is 1. The lowest BCUT2D eigenvalue weighted by atomic mass is 10.1. The Labute approximate surface area is 109 Å². The number of anilines is 3. The Balaban J connectivity index is 2.31. The molecule has 0 aliphatic rings. The van der Waals surface area contributed by atoms with E-state index in [1.165, 1.54) is 12.1 Å². The molecule has 0 amide bonds. The number of nitrogens with one attached hydrogen (secondary N) is 1. The first kappa shape index (κ1) is 12.5. The van der Waals surface area contributed by atoms with Crippen LogP contribution in [0.3, 0.4) is 0 Å². The summed E-state index contributed by atoms with van der Waals surface area (Å²) < 4.78 is 0. The van der Waals surface area contributed by atoms with Crippen LogP contribution >= 0.6 is 0 Å². The van der Waals surface area contributed by atoms with Crippen molar-refractivity contribution < 1.29 is 9.90 Å². The van der Waals surface area contributed by atoms with Crippen LogP contribution in [0, 0.1) is 11.3 Å². The Morgan fingerprint density at radius 2 is 1.95 bits per heavy atom. The lowest BCUT2D eigenvalue weighted by Gasteiger charge is -2.08. The van der Waals surface area contributed by atoms with Gasteiger partial charge in [-0.25, -0.2) is 4.79 Å². The van der Waals surface area contributed by atoms with E-state index in [0.29, 0.717) is 16.9 Å². The maximum absolute atomic E-state index is 11.0. The van der Waals surface area contributed by atoms with Crippen molar-refractivity contribution in [1.82, 2.24) is 0 Å². The van der Waals surface area contributed by atoms with E-state index in [9.17, 15) is 4.79 Å². The molecule has 0 saturated heterocycles. The van der Waals surface area contributed by atoms with Gasteiger partial charge in [0.15, 0.2) is 0 Å². The molecule has 0 aromatic heterocycles. The molecular formula is C14H11N3O2. The third-order valence-corrected chi connectivity index (χ3v) is 2.56. The van der Waals surface area contributed by atoms with Crippen LogP contribution < -0.4 is 11.1 Å². The predicted molar refractivity (Wildman–Crippen MR) is 72.3 cm³/mol. The first-order valence-corrected chi connectivity index (χ1v) is 5.50. The molecule has 94 valence electrons. The van der Waals surface area contributed by atoms with Gasteiger partial charge in [0.2, 0.25) is 0 Å². The van der Waals surface area contributed by atoms with Crippen molar-refractivity contribution >= 4 is 23.0 Å². The Hall–Kier alpha value is -3.00. The van der Waals surface area contributed by atoms with Gasteiger partial charge in [0.05, 0.1) is 17.2 Å². The molecule has 5 nitrogen and oxygen atoms in total. The van der Waals surface area contributed by atoms with E-state index in [-0.39, 0.29) is 11.3 Å². The van der Waals surface area contributed by atoms with Gasteiger partial charge in [0, 0.05) is 17.1 Å². The van der Waals surface area contributed by atoms with Gasteiger partial charge in [-0.15, -0.1) is 0 Å². The summed E-state index contributed by atoms with van der Waals surface area (Å²) in [6.45, 7) is 0. The molecule has 0 atom stereocenters. The number of hydrogen-bond acceptors (Lipinski definition) is 4. The molecule has 0 heterocycles. The molecule has 5 heteroatoms. The highest BCUT2D eigenvalue weighted by molar-refractivity contribution is 5.95. The lowest BCUT2D eigenvalue weighted by Crippen LogP contribution is -2.03. The summed E-state index contributed by atoms with van der Waals surface area (Å²) in [5, 5.41) is 20.8. The van der Waals surface area contributed by atoms with E-state index < -0.39 is 5.97 Å². The molecule has 0 radical (unpaired) electrons. The van der Waals surface area contributed by atoms with Crippen LogP contribution in [0.1, 0.15) is 15.9 Å². The maximum atomic E-state index is 11.0. The van der Waals surface area contributed by atoms with Gasteiger partial charge >= 0.3 is 5.97 Å². The first-order valence-electron chi connectivity index (χ1n) is 5.50. The highest BCUT2D eigenvalue weighted by Crippen LogP contribution is 2.22. The summed E-state index contributed by atoms with van der Waals surface area (Å²) in [6.07, 6.45) is 0. The minimum absolute atomic E-state index is 0.0430. The monoisotopic (exact) mass is 253 g/mol. The standard InChI is InChI=1S/C14H11N3O2/c15-8-9-2-1-3-10(6-9)17-11-4-5-13(16)12(7-11)14(18)19/h1-7,17H,16H2,(H,18,19). The topological polar surface area (TPSA) is 99.1 Å². The van der Waals surface area contributed by atoms with Crippen LogP contribution in [-0.4, -0.2) is 11.1 Å². The highest BCUT2D eigenvalue weighted by Gasteiger charge is 2.08. The molecule has 0 spiro atoms. The number of nitrogens with zero attached hydrogens (tertiary/aromatic N) is 1. The summed E-state index contributed by atoms with van der Waals surface area (Å²) in [6, 6.07) is 13.6. The van der Waals surface area contributed by atoms with Crippen LogP contribution in [0.25, 0.3) is 0 Å². The fourth-order valence-electron chi connectivity index (χ4n) is 1.65. The SMILES string of the molecule is N#Cc1cccc(Nc2ccc(N)c(C(=O)O)c2)c1. The molecule has 2 aromatic rings. The molecule has 0 aliphatic heterocycles. The van der Waals surface area contributed by atoms with Crippen molar-refractivity contribution in [3.8, 4) is 6.07 Å². The van der Waals surface area contributed by atoms with Crippen molar-refractivity contribution in [1.29, 1.82) is 5.26 Å². The maximum Gasteiger partial charge on any atom is 0.337 e. The van der Waals surface area contributed by atoms with Crippen LogP contribution in [0.4, 0.5) is 17.1 Å². The van der Waals surface area contributed by atoms with Crippen LogP contribution in [0.2, 0.25) is 0 Å². The summed E-state index contributed by atoms with van der Waals surface area (Å²) >= 11 is 0. The Kier molecular flexibility index (Phi) is 3.35. The number of aromatic carboxylic acids is 1.